The molecule has 3 N–H and O–H groups in total. The summed E-state index contributed by atoms with van der Waals surface area (Å²) >= 11 is 1.45. The Balaban J connectivity index is 1.88. The van der Waals surface area contributed by atoms with Gasteiger partial charge in [0.15, 0.2) is 5.13 Å². The van der Waals surface area contributed by atoms with Gasteiger partial charge in [-0.3, -0.25) is 5.32 Å². The summed E-state index contributed by atoms with van der Waals surface area (Å²) in [5.74, 6) is 0. The predicted octanol–water partition coefficient (Wildman–Crippen LogP) is 2.73. The number of amides is 2. The number of aryl methyl sites for hydroxylation is 1. The molecule has 0 spiro atoms. The van der Waals surface area contributed by atoms with Crippen LogP contribution in [0.1, 0.15) is 24.3 Å². The first kappa shape index (κ1) is 15.5. The Labute approximate surface area is 128 Å². The van der Waals surface area contributed by atoms with E-state index < -0.39 is 5.60 Å². The Morgan fingerprint density at radius 2 is 2.10 bits per heavy atom. The molecule has 0 aliphatic rings. The number of urea groups is 1. The third-order valence-electron chi connectivity index (χ3n) is 3.11. The van der Waals surface area contributed by atoms with Crippen LogP contribution in [0.4, 0.5) is 9.93 Å². The molecule has 5 nitrogen and oxygen atoms in total. The van der Waals surface area contributed by atoms with Gasteiger partial charge in [0.1, 0.15) is 5.60 Å². The molecule has 0 radical (unpaired) electrons. The Morgan fingerprint density at radius 3 is 2.71 bits per heavy atom. The van der Waals surface area contributed by atoms with Gasteiger partial charge in [0.2, 0.25) is 0 Å². The third kappa shape index (κ3) is 4.27. The number of rotatable bonds is 5. The minimum Gasteiger partial charge on any atom is -0.384 e. The summed E-state index contributed by atoms with van der Waals surface area (Å²) in [6.07, 6.45) is 2.64. The van der Waals surface area contributed by atoms with E-state index >= 15 is 0 Å². The zero-order valence-corrected chi connectivity index (χ0v) is 12.9. The zero-order chi connectivity index (χ0) is 15.3. The van der Waals surface area contributed by atoms with Crippen molar-refractivity contribution in [3.63, 3.8) is 0 Å². The van der Waals surface area contributed by atoms with Crippen LogP contribution in [-0.4, -0.2) is 22.7 Å². The van der Waals surface area contributed by atoms with E-state index in [1.807, 2.05) is 37.3 Å². The van der Waals surface area contributed by atoms with Gasteiger partial charge in [-0.15, -0.1) is 11.3 Å². The first-order valence-electron chi connectivity index (χ1n) is 6.78. The van der Waals surface area contributed by atoms with E-state index in [1.165, 1.54) is 11.3 Å². The maximum Gasteiger partial charge on any atom is 0.321 e. The number of anilines is 1. The molecule has 1 aromatic heterocycles. The third-order valence-corrected chi connectivity index (χ3v) is 4.17. The first-order valence-corrected chi connectivity index (χ1v) is 7.60. The molecule has 6 heteroatoms. The van der Waals surface area contributed by atoms with Gasteiger partial charge in [0, 0.05) is 11.1 Å². The topological polar surface area (TPSA) is 74.2 Å². The number of benzene rings is 1. The van der Waals surface area contributed by atoms with Crippen LogP contribution in [0.2, 0.25) is 0 Å². The van der Waals surface area contributed by atoms with Crippen LogP contribution in [0.3, 0.4) is 0 Å². The summed E-state index contributed by atoms with van der Waals surface area (Å²) in [6, 6.07) is 8.87. The van der Waals surface area contributed by atoms with Crippen LogP contribution >= 0.6 is 11.3 Å². The quantitative estimate of drug-likeness (QED) is 0.795. The highest BCUT2D eigenvalue weighted by Gasteiger charge is 2.23. The number of thiazole rings is 1. The molecule has 112 valence electrons. The van der Waals surface area contributed by atoms with Crippen molar-refractivity contribution in [2.24, 2.45) is 0 Å². The number of nitrogens with one attached hydrogen (secondary N) is 2. The molecule has 1 atom stereocenters. The Hall–Kier alpha value is -1.92. The number of carbonyl (C=O) groups excluding carboxylic acids is 1. The van der Waals surface area contributed by atoms with Gasteiger partial charge in [0.25, 0.3) is 0 Å². The molecule has 0 saturated heterocycles. The number of nitrogens with zero attached hydrogens (tertiary/aromatic N) is 1. The largest absolute Gasteiger partial charge is 0.384 e. The average Bonchev–Trinajstić information content (AvgIpc) is 2.94. The predicted molar refractivity (Wildman–Crippen MR) is 84.5 cm³/mol. The molecule has 0 aliphatic carbocycles. The lowest BCUT2D eigenvalue weighted by molar-refractivity contribution is 0.0599. The maximum absolute atomic E-state index is 11.8. The van der Waals surface area contributed by atoms with E-state index in [4.69, 9.17) is 0 Å². The lowest BCUT2D eigenvalue weighted by atomic mass is 9.96. The lowest BCUT2D eigenvalue weighted by Gasteiger charge is -2.24. The standard InChI is InChI=1S/C15H19N3O2S/c1-3-12-9-16-14(21-12)18-13(19)17-10-15(2,20)11-7-5-4-6-8-11/h4-9,20H,3,10H2,1-2H3,(H2,16,17,18,19). The van der Waals surface area contributed by atoms with Gasteiger partial charge in [-0.1, -0.05) is 37.3 Å². The van der Waals surface area contributed by atoms with Crippen molar-refractivity contribution in [1.29, 1.82) is 0 Å². The molecule has 0 saturated carbocycles. The minimum atomic E-state index is -1.12. The van der Waals surface area contributed by atoms with E-state index in [0.717, 1.165) is 16.9 Å². The van der Waals surface area contributed by atoms with Gasteiger partial charge in [0.05, 0.1) is 6.54 Å². The SMILES string of the molecule is CCc1cnc(NC(=O)NCC(C)(O)c2ccccc2)s1. The van der Waals surface area contributed by atoms with E-state index in [1.54, 1.807) is 13.1 Å². The summed E-state index contributed by atoms with van der Waals surface area (Å²) in [6.45, 7) is 3.82. The fourth-order valence-electron chi connectivity index (χ4n) is 1.82. The molecule has 1 heterocycles. The van der Waals surface area contributed by atoms with Crippen LogP contribution < -0.4 is 10.6 Å². The molecular weight excluding hydrogens is 286 g/mol. The molecule has 1 unspecified atom stereocenters. The van der Waals surface area contributed by atoms with Crippen molar-refractivity contribution in [3.8, 4) is 0 Å². The first-order chi connectivity index (χ1) is 10.0. The van der Waals surface area contributed by atoms with Crippen LogP contribution in [0.5, 0.6) is 0 Å². The van der Waals surface area contributed by atoms with Crippen molar-refractivity contribution < 1.29 is 9.90 Å². The summed E-state index contributed by atoms with van der Waals surface area (Å²) < 4.78 is 0. The molecule has 1 aromatic carbocycles. The molecule has 0 bridgehead atoms. The average molecular weight is 305 g/mol. The molecule has 2 rings (SSSR count). The second-order valence-corrected chi connectivity index (χ2v) is 6.05. The van der Waals surface area contributed by atoms with Gasteiger partial charge >= 0.3 is 6.03 Å². The number of aromatic nitrogens is 1. The van der Waals surface area contributed by atoms with Crippen molar-refractivity contribution in [2.45, 2.75) is 25.9 Å². The van der Waals surface area contributed by atoms with Crippen LogP contribution in [0.15, 0.2) is 36.5 Å². The monoisotopic (exact) mass is 305 g/mol. The smallest absolute Gasteiger partial charge is 0.321 e. The van der Waals surface area contributed by atoms with E-state index in [0.29, 0.717) is 5.13 Å². The summed E-state index contributed by atoms with van der Waals surface area (Å²) in [5.41, 5.74) is -0.358. The Kier molecular flexibility index (Phi) is 4.93. The van der Waals surface area contributed by atoms with Crippen molar-refractivity contribution >= 4 is 22.5 Å². The van der Waals surface area contributed by atoms with Gasteiger partial charge in [-0.25, -0.2) is 9.78 Å². The summed E-state index contributed by atoms with van der Waals surface area (Å²) in [5, 5.41) is 16.3. The maximum atomic E-state index is 11.8. The molecule has 0 fully saturated rings. The van der Waals surface area contributed by atoms with E-state index in [9.17, 15) is 9.90 Å². The second-order valence-electron chi connectivity index (χ2n) is 4.93. The van der Waals surface area contributed by atoms with E-state index in [2.05, 4.69) is 15.6 Å². The highest BCUT2D eigenvalue weighted by atomic mass is 32.1. The fraction of sp³-hybridized carbons (Fsp3) is 0.333. The van der Waals surface area contributed by atoms with E-state index in [-0.39, 0.29) is 12.6 Å². The Bertz CT molecular complexity index is 596. The molecule has 0 aliphatic heterocycles. The Morgan fingerprint density at radius 1 is 1.38 bits per heavy atom. The number of aliphatic hydroxyl groups is 1. The fourth-order valence-corrected chi connectivity index (χ4v) is 2.57. The highest BCUT2D eigenvalue weighted by Crippen LogP contribution is 2.20. The molecule has 21 heavy (non-hydrogen) atoms. The van der Waals surface area contributed by atoms with Gasteiger partial charge in [-0.2, -0.15) is 0 Å². The number of hydrogen-bond acceptors (Lipinski definition) is 4. The van der Waals surface area contributed by atoms with Crippen molar-refractivity contribution in [2.75, 3.05) is 11.9 Å². The normalized spacial score (nSPS) is 13.5. The van der Waals surface area contributed by atoms with Crippen molar-refractivity contribution in [3.05, 3.63) is 47.0 Å². The van der Waals surface area contributed by atoms with Crippen molar-refractivity contribution in [1.82, 2.24) is 10.3 Å². The second kappa shape index (κ2) is 6.69. The summed E-state index contributed by atoms with van der Waals surface area (Å²) in [4.78, 5) is 17.0. The highest BCUT2D eigenvalue weighted by molar-refractivity contribution is 7.15. The number of carbonyl (C=O) groups is 1. The van der Waals surface area contributed by atoms with Crippen LogP contribution in [-0.2, 0) is 12.0 Å². The van der Waals surface area contributed by atoms with Gasteiger partial charge in [-0.05, 0) is 18.9 Å². The molecule has 2 aromatic rings. The van der Waals surface area contributed by atoms with Crippen LogP contribution in [0, 0.1) is 0 Å². The minimum absolute atomic E-state index is 0.120. The van der Waals surface area contributed by atoms with Gasteiger partial charge < -0.3 is 10.4 Å². The number of hydrogen-bond donors (Lipinski definition) is 3. The molecule has 2 amide bonds. The lowest BCUT2D eigenvalue weighted by Crippen LogP contribution is -2.40. The molecular formula is C15H19N3O2S. The summed E-state index contributed by atoms with van der Waals surface area (Å²) in [7, 11) is 0. The zero-order valence-electron chi connectivity index (χ0n) is 12.1. The van der Waals surface area contributed by atoms with Crippen LogP contribution in [0.25, 0.3) is 0 Å².